The van der Waals surface area contributed by atoms with Crippen LogP contribution < -0.4 is 10.2 Å². The largest absolute Gasteiger partial charge is 0.372 e. The molecule has 158 valence electrons. The first-order chi connectivity index (χ1) is 15.0. The van der Waals surface area contributed by atoms with Crippen molar-refractivity contribution in [3.8, 4) is 11.3 Å². The maximum absolute atomic E-state index is 13.4. The molecule has 5 heteroatoms. The molecule has 2 aromatic carbocycles. The second-order valence-electron chi connectivity index (χ2n) is 7.78. The van der Waals surface area contributed by atoms with Crippen molar-refractivity contribution in [3.05, 3.63) is 83.7 Å². The first-order valence-corrected chi connectivity index (χ1v) is 10.7. The summed E-state index contributed by atoms with van der Waals surface area (Å²) >= 11 is 0. The minimum atomic E-state index is -0.177. The molecule has 1 N–H and O–H groups in total. The van der Waals surface area contributed by atoms with Crippen LogP contribution in [0.2, 0.25) is 0 Å². The van der Waals surface area contributed by atoms with Gasteiger partial charge in [0.2, 0.25) is 0 Å². The van der Waals surface area contributed by atoms with Gasteiger partial charge in [-0.05, 0) is 63.6 Å². The quantitative estimate of drug-likeness (QED) is 0.441. The number of fused-ring (bicyclic) bond motifs is 1. The molecule has 0 saturated heterocycles. The molecular weight excluding hydrogens is 384 g/mol. The van der Waals surface area contributed by atoms with Crippen LogP contribution in [-0.2, 0) is 0 Å². The molecule has 4 aromatic rings. The molecule has 31 heavy (non-hydrogen) atoms. The number of carbonyl (C=O) groups excluding carboxylic acids is 1. The summed E-state index contributed by atoms with van der Waals surface area (Å²) in [4.78, 5) is 20.5. The van der Waals surface area contributed by atoms with Crippen LogP contribution in [0.1, 0.15) is 35.5 Å². The fourth-order valence-electron chi connectivity index (χ4n) is 3.82. The maximum atomic E-state index is 13.4. The van der Waals surface area contributed by atoms with Crippen LogP contribution in [0.4, 0.5) is 11.4 Å². The monoisotopic (exact) mass is 412 g/mol. The topological polar surface area (TPSA) is 49.6 Å². The number of hydrogen-bond donors (Lipinski definition) is 1. The van der Waals surface area contributed by atoms with Gasteiger partial charge in [-0.2, -0.15) is 0 Å². The van der Waals surface area contributed by atoms with Crippen LogP contribution in [0.15, 0.2) is 66.9 Å². The lowest BCUT2D eigenvalue weighted by Crippen LogP contribution is -2.21. The van der Waals surface area contributed by atoms with Gasteiger partial charge in [0, 0.05) is 36.2 Å². The van der Waals surface area contributed by atoms with Crippen molar-refractivity contribution in [1.82, 2.24) is 9.38 Å². The van der Waals surface area contributed by atoms with Crippen molar-refractivity contribution >= 4 is 22.9 Å². The third kappa shape index (κ3) is 4.17. The summed E-state index contributed by atoms with van der Waals surface area (Å²) in [6.45, 7) is 10.2. The van der Waals surface area contributed by atoms with E-state index in [1.165, 1.54) is 5.56 Å². The normalized spacial score (nSPS) is 11.0. The van der Waals surface area contributed by atoms with Crippen LogP contribution in [0, 0.1) is 13.8 Å². The number of nitrogens with zero attached hydrogens (tertiary/aromatic N) is 3. The van der Waals surface area contributed by atoms with Gasteiger partial charge in [0.25, 0.3) is 5.91 Å². The van der Waals surface area contributed by atoms with Crippen LogP contribution in [0.25, 0.3) is 16.9 Å². The molecular formula is C26H28N4O. The van der Waals surface area contributed by atoms with E-state index in [1.807, 2.05) is 85.1 Å². The number of hydrogen-bond acceptors (Lipinski definition) is 3. The number of carbonyl (C=O) groups is 1. The third-order valence-electron chi connectivity index (χ3n) is 5.56. The van der Waals surface area contributed by atoms with E-state index in [9.17, 15) is 4.79 Å². The Hall–Kier alpha value is -3.60. The van der Waals surface area contributed by atoms with Crippen molar-refractivity contribution in [2.75, 3.05) is 23.3 Å². The molecule has 2 heterocycles. The number of aromatic nitrogens is 2. The van der Waals surface area contributed by atoms with Gasteiger partial charge in [-0.3, -0.25) is 9.20 Å². The van der Waals surface area contributed by atoms with E-state index < -0.39 is 0 Å². The zero-order chi connectivity index (χ0) is 22.0. The van der Waals surface area contributed by atoms with Gasteiger partial charge >= 0.3 is 0 Å². The molecule has 0 radical (unpaired) electrons. The third-order valence-corrected chi connectivity index (χ3v) is 5.56. The molecule has 1 amide bonds. The lowest BCUT2D eigenvalue weighted by atomic mass is 10.1. The number of benzene rings is 2. The SMILES string of the molecule is CCN(CC)c1ccc(NC(=O)c2c(-c3ccc(C)cc3)nc3ccc(C)cn23)cc1. The van der Waals surface area contributed by atoms with E-state index >= 15 is 0 Å². The molecule has 0 fully saturated rings. The Labute approximate surface area is 183 Å². The van der Waals surface area contributed by atoms with E-state index in [-0.39, 0.29) is 5.91 Å². The first kappa shape index (κ1) is 20.7. The molecule has 0 saturated carbocycles. The lowest BCUT2D eigenvalue weighted by Gasteiger charge is -2.21. The van der Waals surface area contributed by atoms with Gasteiger partial charge in [-0.25, -0.2) is 4.98 Å². The van der Waals surface area contributed by atoms with Crippen molar-refractivity contribution in [3.63, 3.8) is 0 Å². The molecule has 0 aliphatic carbocycles. The summed E-state index contributed by atoms with van der Waals surface area (Å²) in [5, 5.41) is 3.06. The molecule has 2 aromatic heterocycles. The smallest absolute Gasteiger partial charge is 0.274 e. The second kappa shape index (κ2) is 8.64. The molecule has 0 bridgehead atoms. The van der Waals surface area contributed by atoms with Gasteiger partial charge in [0.1, 0.15) is 17.0 Å². The zero-order valence-corrected chi connectivity index (χ0v) is 18.5. The Bertz CT molecular complexity index is 1200. The van der Waals surface area contributed by atoms with Crippen LogP contribution in [0.3, 0.4) is 0 Å². The molecule has 5 nitrogen and oxygen atoms in total. The summed E-state index contributed by atoms with van der Waals surface area (Å²) < 4.78 is 1.88. The number of pyridine rings is 1. The summed E-state index contributed by atoms with van der Waals surface area (Å²) in [7, 11) is 0. The van der Waals surface area contributed by atoms with Gasteiger partial charge in [-0.1, -0.05) is 35.9 Å². The minimum Gasteiger partial charge on any atom is -0.372 e. The first-order valence-electron chi connectivity index (χ1n) is 10.7. The zero-order valence-electron chi connectivity index (χ0n) is 18.5. The van der Waals surface area contributed by atoms with E-state index in [2.05, 4.69) is 24.1 Å². The van der Waals surface area contributed by atoms with E-state index in [0.29, 0.717) is 11.4 Å². The van der Waals surface area contributed by atoms with Crippen LogP contribution >= 0.6 is 0 Å². The molecule has 0 atom stereocenters. The van der Waals surface area contributed by atoms with Crippen molar-refractivity contribution < 1.29 is 4.79 Å². The average Bonchev–Trinajstić information content (AvgIpc) is 3.15. The van der Waals surface area contributed by atoms with Crippen molar-refractivity contribution in [1.29, 1.82) is 0 Å². The summed E-state index contributed by atoms with van der Waals surface area (Å²) in [6.07, 6.45) is 1.96. The van der Waals surface area contributed by atoms with Gasteiger partial charge in [-0.15, -0.1) is 0 Å². The molecule has 4 rings (SSSR count). The second-order valence-corrected chi connectivity index (χ2v) is 7.78. The Balaban J connectivity index is 1.72. The number of rotatable bonds is 6. The highest BCUT2D eigenvalue weighted by molar-refractivity contribution is 6.07. The molecule has 0 unspecified atom stereocenters. The summed E-state index contributed by atoms with van der Waals surface area (Å²) in [5.41, 5.74) is 7.04. The lowest BCUT2D eigenvalue weighted by molar-refractivity contribution is 0.102. The predicted octanol–water partition coefficient (Wildman–Crippen LogP) is 5.72. The van der Waals surface area contributed by atoms with Gasteiger partial charge < -0.3 is 10.2 Å². The van der Waals surface area contributed by atoms with Crippen molar-refractivity contribution in [2.24, 2.45) is 0 Å². The molecule has 0 spiro atoms. The summed E-state index contributed by atoms with van der Waals surface area (Å²) in [6, 6.07) is 20.1. The van der Waals surface area contributed by atoms with E-state index in [0.717, 1.165) is 41.2 Å². The van der Waals surface area contributed by atoms with Crippen LogP contribution in [-0.4, -0.2) is 28.4 Å². The summed E-state index contributed by atoms with van der Waals surface area (Å²) in [5.74, 6) is -0.177. The Morgan fingerprint density at radius 3 is 2.19 bits per heavy atom. The highest BCUT2D eigenvalue weighted by atomic mass is 16.2. The van der Waals surface area contributed by atoms with Crippen LogP contribution in [0.5, 0.6) is 0 Å². The van der Waals surface area contributed by atoms with E-state index in [1.54, 1.807) is 0 Å². The van der Waals surface area contributed by atoms with Crippen molar-refractivity contribution in [2.45, 2.75) is 27.7 Å². The predicted molar refractivity (Wildman–Crippen MR) is 128 cm³/mol. The average molecular weight is 413 g/mol. The standard InChI is InChI=1S/C26H28N4O/c1-5-29(6-2)22-14-12-21(13-15-22)27-26(31)25-24(20-10-7-18(3)8-11-20)28-23-16-9-19(4)17-30(23)25/h7-17H,5-6H2,1-4H3,(H,27,31). The fraction of sp³-hybridized carbons (Fsp3) is 0.231. The number of anilines is 2. The molecule has 0 aliphatic heterocycles. The highest BCUT2D eigenvalue weighted by Crippen LogP contribution is 2.27. The van der Waals surface area contributed by atoms with Gasteiger partial charge in [0.15, 0.2) is 0 Å². The Morgan fingerprint density at radius 2 is 1.55 bits per heavy atom. The number of imidazole rings is 1. The Morgan fingerprint density at radius 1 is 0.903 bits per heavy atom. The number of amides is 1. The Kier molecular flexibility index (Phi) is 5.76. The van der Waals surface area contributed by atoms with Gasteiger partial charge in [0.05, 0.1) is 0 Å². The highest BCUT2D eigenvalue weighted by Gasteiger charge is 2.21. The number of nitrogens with one attached hydrogen (secondary N) is 1. The number of aryl methyl sites for hydroxylation is 2. The molecule has 0 aliphatic rings. The van der Waals surface area contributed by atoms with E-state index in [4.69, 9.17) is 4.98 Å². The fourth-order valence-corrected chi connectivity index (χ4v) is 3.82. The minimum absolute atomic E-state index is 0.177. The maximum Gasteiger partial charge on any atom is 0.274 e.